The highest BCUT2D eigenvalue weighted by Gasteiger charge is 2.74. The summed E-state index contributed by atoms with van der Waals surface area (Å²) in [4.78, 5) is 12.5. The molecule has 4 rings (SSSR count). The minimum Gasteiger partial charge on any atom is -0.381 e. The topological polar surface area (TPSA) is 38.3 Å². The van der Waals surface area contributed by atoms with E-state index < -0.39 is 11.7 Å². The van der Waals surface area contributed by atoms with Gasteiger partial charge in [-0.3, -0.25) is 4.79 Å². The highest BCUT2D eigenvalue weighted by atomic mass is 19.4. The van der Waals surface area contributed by atoms with E-state index in [1.165, 1.54) is 12.1 Å². The summed E-state index contributed by atoms with van der Waals surface area (Å²) in [5.74, 6) is 0.634. The van der Waals surface area contributed by atoms with Gasteiger partial charge in [0, 0.05) is 13.2 Å². The first-order chi connectivity index (χ1) is 11.4. The summed E-state index contributed by atoms with van der Waals surface area (Å²) in [5.41, 5.74) is -0.315. The summed E-state index contributed by atoms with van der Waals surface area (Å²) < 4.78 is 44.5. The van der Waals surface area contributed by atoms with E-state index in [4.69, 9.17) is 4.74 Å². The molecule has 1 atom stereocenters. The molecule has 0 aromatic heterocycles. The molecule has 0 spiro atoms. The van der Waals surface area contributed by atoms with Gasteiger partial charge in [-0.25, -0.2) is 0 Å². The molecule has 0 radical (unpaired) electrons. The van der Waals surface area contributed by atoms with Gasteiger partial charge in [-0.05, 0) is 55.2 Å². The van der Waals surface area contributed by atoms with Crippen molar-refractivity contribution >= 4 is 5.91 Å². The van der Waals surface area contributed by atoms with Gasteiger partial charge in [0.25, 0.3) is 0 Å². The molecule has 3 aliphatic rings. The molecule has 2 saturated carbocycles. The van der Waals surface area contributed by atoms with E-state index in [1.54, 1.807) is 6.07 Å². The Morgan fingerprint density at radius 3 is 2.50 bits per heavy atom. The number of carbonyl (C=O) groups excluding carboxylic acids is 1. The fourth-order valence-electron chi connectivity index (χ4n) is 3.79. The van der Waals surface area contributed by atoms with Gasteiger partial charge in [-0.15, -0.1) is 0 Å². The molecule has 130 valence electrons. The van der Waals surface area contributed by atoms with E-state index in [-0.39, 0.29) is 23.3 Å². The van der Waals surface area contributed by atoms with Crippen molar-refractivity contribution in [2.45, 2.75) is 37.9 Å². The third-order valence-corrected chi connectivity index (χ3v) is 5.73. The number of halogens is 3. The molecule has 1 unspecified atom stereocenters. The average Bonchev–Trinajstić information content (AvgIpc) is 3.42. The lowest BCUT2D eigenvalue weighted by atomic mass is 9.86. The quantitative estimate of drug-likeness (QED) is 0.908. The maximum Gasteiger partial charge on any atom is 0.416 e. The van der Waals surface area contributed by atoms with Crippen LogP contribution in [0.4, 0.5) is 13.2 Å². The molecule has 1 N–H and O–H groups in total. The molecule has 0 bridgehead atoms. The van der Waals surface area contributed by atoms with Crippen LogP contribution in [-0.4, -0.2) is 19.1 Å². The number of ether oxygens (including phenoxy) is 1. The van der Waals surface area contributed by atoms with Crippen LogP contribution in [0.3, 0.4) is 0 Å². The maximum atomic E-state index is 13.0. The van der Waals surface area contributed by atoms with Gasteiger partial charge in [0.15, 0.2) is 0 Å². The molecule has 3 nitrogen and oxygen atoms in total. The second kappa shape index (κ2) is 5.48. The summed E-state index contributed by atoms with van der Waals surface area (Å²) in [7, 11) is 0. The van der Waals surface area contributed by atoms with E-state index >= 15 is 0 Å². The van der Waals surface area contributed by atoms with Crippen molar-refractivity contribution in [2.24, 2.45) is 17.3 Å². The fraction of sp³-hybridized carbons (Fsp3) is 0.611. The molecule has 24 heavy (non-hydrogen) atoms. The van der Waals surface area contributed by atoms with E-state index in [1.807, 2.05) is 0 Å². The number of benzene rings is 1. The number of alkyl halides is 3. The summed E-state index contributed by atoms with van der Waals surface area (Å²) in [6.45, 7) is 1.17. The second-order valence-corrected chi connectivity index (χ2v) is 7.29. The predicted molar refractivity (Wildman–Crippen MR) is 81.0 cm³/mol. The predicted octanol–water partition coefficient (Wildman–Crippen LogP) is 3.70. The van der Waals surface area contributed by atoms with E-state index in [2.05, 4.69) is 5.32 Å². The van der Waals surface area contributed by atoms with Crippen LogP contribution in [0.2, 0.25) is 0 Å². The molecule has 1 saturated heterocycles. The van der Waals surface area contributed by atoms with Crippen LogP contribution in [0.15, 0.2) is 24.3 Å². The van der Waals surface area contributed by atoms with Crippen LogP contribution in [-0.2, 0) is 15.7 Å². The Bertz CT molecular complexity index is 646. The van der Waals surface area contributed by atoms with Gasteiger partial charge in [-0.2, -0.15) is 13.2 Å². The Morgan fingerprint density at radius 1 is 1.25 bits per heavy atom. The van der Waals surface area contributed by atoms with E-state index in [0.29, 0.717) is 24.7 Å². The molecule has 2 aliphatic carbocycles. The zero-order chi connectivity index (χ0) is 16.9. The Labute approximate surface area is 138 Å². The Hall–Kier alpha value is -1.56. The molecule has 3 fully saturated rings. The lowest BCUT2D eigenvalue weighted by molar-refractivity contribution is -0.137. The molecular formula is C18H20F3NO2. The van der Waals surface area contributed by atoms with Crippen LogP contribution < -0.4 is 5.32 Å². The Kier molecular flexibility index (Phi) is 3.64. The number of carbonyl (C=O) groups is 1. The molecule has 1 heterocycles. The van der Waals surface area contributed by atoms with Crippen molar-refractivity contribution in [3.05, 3.63) is 35.4 Å². The third-order valence-electron chi connectivity index (χ3n) is 5.73. The number of hydrogen-bond donors (Lipinski definition) is 1. The van der Waals surface area contributed by atoms with Gasteiger partial charge in [-0.1, -0.05) is 12.1 Å². The number of amides is 1. The van der Waals surface area contributed by atoms with Crippen LogP contribution in [0.25, 0.3) is 0 Å². The fourth-order valence-corrected chi connectivity index (χ4v) is 3.79. The van der Waals surface area contributed by atoms with Gasteiger partial charge >= 0.3 is 6.18 Å². The summed E-state index contributed by atoms with van der Waals surface area (Å²) in [6.07, 6.45) is -1.02. The first kappa shape index (κ1) is 15.9. The molecular weight excluding hydrogens is 319 g/mol. The first-order valence-electron chi connectivity index (χ1n) is 8.46. The average molecular weight is 339 g/mol. The zero-order valence-electron chi connectivity index (χ0n) is 13.2. The summed E-state index contributed by atoms with van der Waals surface area (Å²) in [5, 5.41) is 3.06. The van der Waals surface area contributed by atoms with Gasteiger partial charge in [0.2, 0.25) is 5.91 Å². The lowest BCUT2D eigenvalue weighted by Gasteiger charge is -2.32. The van der Waals surface area contributed by atoms with Crippen molar-refractivity contribution in [1.29, 1.82) is 0 Å². The zero-order valence-corrected chi connectivity index (χ0v) is 13.2. The van der Waals surface area contributed by atoms with Crippen molar-refractivity contribution in [3.63, 3.8) is 0 Å². The van der Waals surface area contributed by atoms with Gasteiger partial charge in [0.1, 0.15) is 0 Å². The third kappa shape index (κ3) is 2.81. The largest absolute Gasteiger partial charge is 0.416 e. The Morgan fingerprint density at radius 2 is 1.92 bits per heavy atom. The normalized spacial score (nSPS) is 30.4. The minimum atomic E-state index is -4.38. The molecule has 1 aromatic rings. The monoisotopic (exact) mass is 339 g/mol. The molecule has 1 amide bonds. The second-order valence-electron chi connectivity index (χ2n) is 7.29. The molecule has 1 aliphatic heterocycles. The lowest BCUT2D eigenvalue weighted by Crippen LogP contribution is -2.38. The van der Waals surface area contributed by atoms with Gasteiger partial charge < -0.3 is 10.1 Å². The van der Waals surface area contributed by atoms with E-state index in [9.17, 15) is 18.0 Å². The number of nitrogens with one attached hydrogen (secondary N) is 1. The van der Waals surface area contributed by atoms with Crippen LogP contribution in [0.1, 0.15) is 42.9 Å². The van der Waals surface area contributed by atoms with Crippen LogP contribution >= 0.6 is 0 Å². The molecule has 6 heteroatoms. The van der Waals surface area contributed by atoms with Crippen molar-refractivity contribution in [3.8, 4) is 0 Å². The highest BCUT2D eigenvalue weighted by Crippen LogP contribution is 2.75. The number of hydrogen-bond acceptors (Lipinski definition) is 2. The van der Waals surface area contributed by atoms with Crippen LogP contribution in [0, 0.1) is 17.3 Å². The first-order valence-corrected chi connectivity index (χ1v) is 8.46. The van der Waals surface area contributed by atoms with E-state index in [0.717, 1.165) is 31.7 Å². The highest BCUT2D eigenvalue weighted by molar-refractivity contribution is 5.90. The van der Waals surface area contributed by atoms with Gasteiger partial charge in [0.05, 0.1) is 17.0 Å². The molecule has 1 aromatic carbocycles. The number of fused-ring (bicyclic) bond motifs is 1. The smallest absolute Gasteiger partial charge is 0.381 e. The SMILES string of the molecule is O=C(NC(c1cccc(C(F)(F)F)c1)C1CCOCC1)C12CC1C2. The van der Waals surface area contributed by atoms with Crippen molar-refractivity contribution < 1.29 is 22.7 Å². The summed E-state index contributed by atoms with van der Waals surface area (Å²) in [6, 6.07) is 4.98. The minimum absolute atomic E-state index is 0.0152. The Balaban J connectivity index is 1.60. The standard InChI is InChI=1S/C18H20F3NO2/c19-18(20,21)13-3-1-2-12(8-13)15(11-4-6-24-7-5-11)22-16(23)17-9-14(17)10-17/h1-3,8,11,14-15H,4-7,9-10H2,(H,22,23). The number of rotatable bonds is 4. The maximum absolute atomic E-state index is 13.0. The van der Waals surface area contributed by atoms with Crippen molar-refractivity contribution in [2.75, 3.05) is 13.2 Å². The summed E-state index contributed by atoms with van der Waals surface area (Å²) >= 11 is 0. The van der Waals surface area contributed by atoms with Crippen molar-refractivity contribution in [1.82, 2.24) is 5.32 Å². The van der Waals surface area contributed by atoms with Crippen LogP contribution in [0.5, 0.6) is 0 Å².